The lowest BCUT2D eigenvalue weighted by Crippen LogP contribution is -2.58. The molecule has 0 saturated carbocycles. The molecule has 28 heavy (non-hydrogen) atoms. The van der Waals surface area contributed by atoms with E-state index >= 15 is 0 Å². The van der Waals surface area contributed by atoms with Crippen LogP contribution in [-0.2, 0) is 11.3 Å². The summed E-state index contributed by atoms with van der Waals surface area (Å²) in [6, 6.07) is 4.50. The van der Waals surface area contributed by atoms with Crippen molar-refractivity contribution in [3.8, 4) is 5.75 Å². The van der Waals surface area contributed by atoms with Gasteiger partial charge in [-0.1, -0.05) is 6.42 Å². The van der Waals surface area contributed by atoms with Gasteiger partial charge in [0, 0.05) is 38.3 Å². The lowest BCUT2D eigenvalue weighted by Gasteiger charge is -2.38. The molecule has 0 unspecified atom stereocenters. The molecule has 1 amide bonds. The van der Waals surface area contributed by atoms with Gasteiger partial charge in [-0.15, -0.1) is 0 Å². The number of hydrogen-bond donors (Lipinski definition) is 2. The smallest absolute Gasteiger partial charge is 0.256 e. The van der Waals surface area contributed by atoms with Crippen LogP contribution >= 0.6 is 0 Å². The van der Waals surface area contributed by atoms with E-state index < -0.39 is 5.60 Å². The lowest BCUT2D eigenvalue weighted by atomic mass is 9.91. The molecule has 0 radical (unpaired) electrons. The van der Waals surface area contributed by atoms with Crippen LogP contribution in [0.3, 0.4) is 0 Å². The molecule has 3 rings (SSSR count). The average Bonchev–Trinajstić information content (AvgIpc) is 2.71. The predicted molar refractivity (Wildman–Crippen MR) is 106 cm³/mol. The monoisotopic (exact) mass is 393 g/mol. The van der Waals surface area contributed by atoms with Crippen LogP contribution in [0.2, 0.25) is 0 Å². The molecule has 7 heteroatoms. The quantitative estimate of drug-likeness (QED) is 0.659. The Hall–Kier alpha value is -1.70. The highest BCUT2D eigenvalue weighted by molar-refractivity contribution is 5.86. The number of aliphatic hydroxyl groups is 1. The Morgan fingerprint density at radius 3 is 2.75 bits per heavy atom. The first-order valence-corrected chi connectivity index (χ1v) is 10.3. The maximum Gasteiger partial charge on any atom is 0.256 e. The van der Waals surface area contributed by atoms with Gasteiger partial charge < -0.3 is 25.0 Å². The van der Waals surface area contributed by atoms with Crippen molar-refractivity contribution < 1.29 is 19.0 Å². The molecular weight excluding hydrogens is 361 g/mol. The third-order valence-electron chi connectivity index (χ3n) is 5.79. The van der Waals surface area contributed by atoms with Crippen LogP contribution in [0.25, 0.3) is 0 Å². The number of amides is 1. The Balaban J connectivity index is 1.53. The summed E-state index contributed by atoms with van der Waals surface area (Å²) in [5.74, 6) is -0.149. The fourth-order valence-corrected chi connectivity index (χ4v) is 4.10. The highest BCUT2D eigenvalue weighted by atomic mass is 19.1. The van der Waals surface area contributed by atoms with Gasteiger partial charge in [-0.2, -0.15) is 0 Å². The van der Waals surface area contributed by atoms with Gasteiger partial charge in [0.15, 0.2) is 5.60 Å². The van der Waals surface area contributed by atoms with Crippen LogP contribution in [0, 0.1) is 5.82 Å². The van der Waals surface area contributed by atoms with Gasteiger partial charge in [-0.3, -0.25) is 4.79 Å². The molecule has 0 aromatic heterocycles. The molecule has 0 aliphatic carbocycles. The van der Waals surface area contributed by atoms with Crippen LogP contribution < -0.4 is 10.1 Å². The summed E-state index contributed by atoms with van der Waals surface area (Å²) >= 11 is 0. The summed E-state index contributed by atoms with van der Waals surface area (Å²) in [5, 5.41) is 14.2. The zero-order chi connectivity index (χ0) is 20.0. The molecular formula is C21H32FN3O3. The number of methoxy groups -OCH3 is 1. The SMILES string of the molecule is COc1ccc(F)c(CN2CCC[C@](O)(CNCCN3CCCCC3)C2=O)c1. The number of rotatable bonds is 8. The molecule has 2 saturated heterocycles. The van der Waals surface area contributed by atoms with Crippen molar-refractivity contribution in [2.24, 2.45) is 0 Å². The van der Waals surface area contributed by atoms with Gasteiger partial charge in [-0.25, -0.2) is 4.39 Å². The first kappa shape index (κ1) is 21.0. The second-order valence-electron chi connectivity index (χ2n) is 7.90. The molecule has 2 aliphatic heterocycles. The number of piperidine rings is 2. The first-order chi connectivity index (χ1) is 13.5. The molecule has 1 aromatic rings. The van der Waals surface area contributed by atoms with E-state index in [4.69, 9.17) is 4.74 Å². The van der Waals surface area contributed by atoms with Crippen molar-refractivity contribution in [1.82, 2.24) is 15.1 Å². The molecule has 2 heterocycles. The third kappa shape index (κ3) is 5.21. The van der Waals surface area contributed by atoms with Gasteiger partial charge >= 0.3 is 0 Å². The number of carbonyl (C=O) groups excluding carboxylic acids is 1. The van der Waals surface area contributed by atoms with E-state index in [9.17, 15) is 14.3 Å². The van der Waals surface area contributed by atoms with Crippen molar-refractivity contribution in [2.75, 3.05) is 46.4 Å². The van der Waals surface area contributed by atoms with Crippen LogP contribution in [0.4, 0.5) is 4.39 Å². The maximum atomic E-state index is 14.1. The molecule has 2 fully saturated rings. The number of carbonyl (C=O) groups is 1. The third-order valence-corrected chi connectivity index (χ3v) is 5.79. The maximum absolute atomic E-state index is 14.1. The molecule has 0 bridgehead atoms. The Labute approximate surface area is 166 Å². The number of nitrogens with zero attached hydrogens (tertiary/aromatic N) is 2. The van der Waals surface area contributed by atoms with E-state index in [1.807, 2.05) is 0 Å². The summed E-state index contributed by atoms with van der Waals surface area (Å²) in [6.07, 6.45) is 4.93. The summed E-state index contributed by atoms with van der Waals surface area (Å²) in [6.45, 7) is 4.83. The van der Waals surface area contributed by atoms with Gasteiger partial charge in [0.05, 0.1) is 7.11 Å². The minimum Gasteiger partial charge on any atom is -0.497 e. The molecule has 156 valence electrons. The summed E-state index contributed by atoms with van der Waals surface area (Å²) in [4.78, 5) is 16.9. The van der Waals surface area contributed by atoms with E-state index in [0.29, 0.717) is 30.7 Å². The standard InChI is InChI=1S/C21H32FN3O3/c1-28-18-6-7-19(22)17(14-18)15-25-12-5-8-21(27,20(25)26)16-23-9-13-24-10-3-2-4-11-24/h6-7,14,23,27H,2-5,8-13,15-16H2,1H3/t21-/m0/s1. The fourth-order valence-electron chi connectivity index (χ4n) is 4.10. The van der Waals surface area contributed by atoms with Crippen LogP contribution in [0.15, 0.2) is 18.2 Å². The zero-order valence-electron chi connectivity index (χ0n) is 16.8. The summed E-state index contributed by atoms with van der Waals surface area (Å²) < 4.78 is 19.3. The van der Waals surface area contributed by atoms with E-state index in [1.54, 1.807) is 17.0 Å². The average molecular weight is 394 g/mol. The topological polar surface area (TPSA) is 65.0 Å². The number of hydrogen-bond acceptors (Lipinski definition) is 5. The minimum atomic E-state index is -1.42. The molecule has 0 spiro atoms. The normalized spacial score (nSPS) is 23.8. The van der Waals surface area contributed by atoms with Gasteiger partial charge in [0.1, 0.15) is 11.6 Å². The molecule has 1 atom stereocenters. The Kier molecular flexibility index (Phi) is 7.26. The molecule has 2 aliphatic rings. The Morgan fingerprint density at radius 2 is 2.00 bits per heavy atom. The number of likely N-dealkylation sites (tertiary alicyclic amines) is 2. The second kappa shape index (κ2) is 9.67. The largest absolute Gasteiger partial charge is 0.497 e. The number of nitrogens with one attached hydrogen (secondary N) is 1. The summed E-state index contributed by atoms with van der Waals surface area (Å²) in [7, 11) is 1.53. The fraction of sp³-hybridized carbons (Fsp3) is 0.667. The number of ether oxygens (including phenoxy) is 1. The van der Waals surface area contributed by atoms with Crippen LogP contribution in [0.5, 0.6) is 5.75 Å². The van der Waals surface area contributed by atoms with Crippen molar-refractivity contribution in [1.29, 1.82) is 0 Å². The van der Waals surface area contributed by atoms with E-state index in [0.717, 1.165) is 26.2 Å². The van der Waals surface area contributed by atoms with Gasteiger partial charge in [-0.05, 0) is 57.0 Å². The Bertz CT molecular complexity index is 666. The highest BCUT2D eigenvalue weighted by Crippen LogP contribution is 2.25. The van der Waals surface area contributed by atoms with E-state index in [2.05, 4.69) is 10.2 Å². The van der Waals surface area contributed by atoms with E-state index in [1.165, 1.54) is 32.4 Å². The van der Waals surface area contributed by atoms with Gasteiger partial charge in [0.2, 0.25) is 0 Å². The predicted octanol–water partition coefficient (Wildman–Crippen LogP) is 1.76. The molecule has 1 aromatic carbocycles. The van der Waals surface area contributed by atoms with Crippen molar-refractivity contribution in [3.63, 3.8) is 0 Å². The molecule has 2 N–H and O–H groups in total. The summed E-state index contributed by atoms with van der Waals surface area (Å²) in [5.41, 5.74) is -1.02. The lowest BCUT2D eigenvalue weighted by molar-refractivity contribution is -0.157. The highest BCUT2D eigenvalue weighted by Gasteiger charge is 2.41. The van der Waals surface area contributed by atoms with Crippen LogP contribution in [-0.4, -0.2) is 72.8 Å². The minimum absolute atomic E-state index is 0.137. The number of halogens is 1. The van der Waals surface area contributed by atoms with E-state index in [-0.39, 0.29) is 24.8 Å². The number of benzene rings is 1. The Morgan fingerprint density at radius 1 is 1.21 bits per heavy atom. The molecule has 6 nitrogen and oxygen atoms in total. The van der Waals surface area contributed by atoms with Crippen molar-refractivity contribution in [2.45, 2.75) is 44.2 Å². The van der Waals surface area contributed by atoms with Crippen LogP contribution in [0.1, 0.15) is 37.7 Å². The van der Waals surface area contributed by atoms with Gasteiger partial charge in [0.25, 0.3) is 5.91 Å². The first-order valence-electron chi connectivity index (χ1n) is 10.3. The zero-order valence-corrected chi connectivity index (χ0v) is 16.8. The van der Waals surface area contributed by atoms with Crippen molar-refractivity contribution in [3.05, 3.63) is 29.6 Å². The second-order valence-corrected chi connectivity index (χ2v) is 7.90. The van der Waals surface area contributed by atoms with Crippen molar-refractivity contribution >= 4 is 5.91 Å².